The van der Waals surface area contributed by atoms with Gasteiger partial charge in [-0.15, -0.1) is 0 Å². The van der Waals surface area contributed by atoms with Gasteiger partial charge in [0, 0.05) is 18.8 Å². The molecule has 4 heteroatoms. The van der Waals surface area contributed by atoms with Crippen LogP contribution < -0.4 is 5.32 Å². The van der Waals surface area contributed by atoms with Gasteiger partial charge in [0.1, 0.15) is 5.82 Å². The van der Waals surface area contributed by atoms with Crippen LogP contribution in [0.15, 0.2) is 36.7 Å². The first-order valence-corrected chi connectivity index (χ1v) is 6.79. The molecular formula is C15H18FN3. The summed E-state index contributed by atoms with van der Waals surface area (Å²) < 4.78 is 15.1. The third-order valence-corrected chi connectivity index (χ3v) is 3.79. The van der Waals surface area contributed by atoms with Crippen molar-refractivity contribution in [2.24, 2.45) is 0 Å². The number of nitrogens with zero attached hydrogens (tertiary/aromatic N) is 2. The van der Waals surface area contributed by atoms with Crippen LogP contribution in [0.25, 0.3) is 0 Å². The molecule has 0 radical (unpaired) electrons. The lowest BCUT2D eigenvalue weighted by molar-refractivity contribution is 0.373. The van der Waals surface area contributed by atoms with E-state index in [2.05, 4.69) is 17.3 Å². The molecule has 1 aromatic heterocycles. The van der Waals surface area contributed by atoms with Crippen molar-refractivity contribution in [3.63, 3.8) is 0 Å². The quantitative estimate of drug-likeness (QED) is 0.912. The Morgan fingerprint density at radius 2 is 2.26 bits per heavy atom. The fourth-order valence-electron chi connectivity index (χ4n) is 2.62. The van der Waals surface area contributed by atoms with Gasteiger partial charge in [-0.25, -0.2) is 4.39 Å². The number of halogens is 1. The third-order valence-electron chi connectivity index (χ3n) is 3.79. The molecule has 2 aromatic rings. The first-order valence-electron chi connectivity index (χ1n) is 6.79. The summed E-state index contributed by atoms with van der Waals surface area (Å²) in [6, 6.07) is 7.42. The van der Waals surface area contributed by atoms with Crippen molar-refractivity contribution in [1.82, 2.24) is 9.78 Å². The second-order valence-electron chi connectivity index (χ2n) is 5.15. The minimum Gasteiger partial charge on any atom is -0.380 e. The third kappa shape index (κ3) is 2.62. The van der Waals surface area contributed by atoms with Gasteiger partial charge in [-0.05, 0) is 43.4 Å². The molecule has 3 nitrogen and oxygen atoms in total. The number of rotatable bonds is 4. The molecular weight excluding hydrogens is 241 g/mol. The van der Waals surface area contributed by atoms with Gasteiger partial charge in [0.15, 0.2) is 0 Å². The van der Waals surface area contributed by atoms with Gasteiger partial charge >= 0.3 is 0 Å². The van der Waals surface area contributed by atoms with E-state index in [1.165, 1.54) is 6.07 Å². The smallest absolute Gasteiger partial charge is 0.123 e. The summed E-state index contributed by atoms with van der Waals surface area (Å²) in [6.07, 6.45) is 6.00. The van der Waals surface area contributed by atoms with E-state index in [0.29, 0.717) is 12.0 Å². The molecule has 1 aromatic carbocycles. The van der Waals surface area contributed by atoms with Crippen LogP contribution in [-0.4, -0.2) is 15.8 Å². The van der Waals surface area contributed by atoms with E-state index in [0.717, 1.165) is 30.6 Å². The minimum atomic E-state index is -0.141. The molecule has 1 aliphatic rings. The van der Waals surface area contributed by atoms with Gasteiger partial charge in [0.05, 0.1) is 11.9 Å². The van der Waals surface area contributed by atoms with Crippen molar-refractivity contribution < 1.29 is 4.39 Å². The summed E-state index contributed by atoms with van der Waals surface area (Å²) >= 11 is 0. The van der Waals surface area contributed by atoms with Crippen molar-refractivity contribution >= 4 is 5.69 Å². The molecule has 0 amide bonds. The molecule has 3 rings (SSSR count). The lowest BCUT2D eigenvalue weighted by Crippen LogP contribution is -2.33. The summed E-state index contributed by atoms with van der Waals surface area (Å²) in [5.41, 5.74) is 2.19. The minimum absolute atomic E-state index is 0.141. The Bertz CT molecular complexity index is 558. The number of benzene rings is 1. The maximum absolute atomic E-state index is 13.1. The van der Waals surface area contributed by atoms with Crippen LogP contribution in [0.4, 0.5) is 10.1 Å². The highest BCUT2D eigenvalue weighted by Gasteiger charge is 2.30. The lowest BCUT2D eigenvalue weighted by atomic mass is 9.76. The van der Waals surface area contributed by atoms with E-state index in [1.54, 1.807) is 12.1 Å². The average Bonchev–Trinajstić information content (AvgIpc) is 2.81. The SMILES string of the molecule is CCn1cc(NC2CC(c3cccc(F)c3)C2)cn1. The van der Waals surface area contributed by atoms with Gasteiger partial charge in [-0.1, -0.05) is 12.1 Å². The molecule has 0 aliphatic heterocycles. The molecule has 1 aliphatic carbocycles. The molecule has 0 bridgehead atoms. The number of anilines is 1. The Morgan fingerprint density at radius 3 is 2.95 bits per heavy atom. The van der Waals surface area contributed by atoms with Crippen LogP contribution in [0.5, 0.6) is 0 Å². The zero-order chi connectivity index (χ0) is 13.2. The fraction of sp³-hybridized carbons (Fsp3) is 0.400. The molecule has 0 spiro atoms. The molecule has 100 valence electrons. The molecule has 0 saturated heterocycles. The molecule has 1 N–H and O–H groups in total. The monoisotopic (exact) mass is 259 g/mol. The molecule has 0 unspecified atom stereocenters. The van der Waals surface area contributed by atoms with Crippen LogP contribution in [0.1, 0.15) is 31.2 Å². The van der Waals surface area contributed by atoms with Crippen LogP contribution in [0.3, 0.4) is 0 Å². The molecule has 1 saturated carbocycles. The number of hydrogen-bond acceptors (Lipinski definition) is 2. The number of aryl methyl sites for hydroxylation is 1. The predicted molar refractivity (Wildman–Crippen MR) is 73.7 cm³/mol. The van der Waals surface area contributed by atoms with Crippen molar-refractivity contribution in [3.05, 3.63) is 48.0 Å². The second kappa shape index (κ2) is 5.03. The Morgan fingerprint density at radius 1 is 1.42 bits per heavy atom. The summed E-state index contributed by atoms with van der Waals surface area (Å²) in [4.78, 5) is 0. The Balaban J connectivity index is 1.55. The van der Waals surface area contributed by atoms with Gasteiger partial charge in [-0.3, -0.25) is 4.68 Å². The lowest BCUT2D eigenvalue weighted by Gasteiger charge is -2.36. The summed E-state index contributed by atoms with van der Waals surface area (Å²) in [5.74, 6) is 0.340. The second-order valence-corrected chi connectivity index (χ2v) is 5.15. The number of nitrogens with one attached hydrogen (secondary N) is 1. The van der Waals surface area contributed by atoms with E-state index >= 15 is 0 Å². The van der Waals surface area contributed by atoms with Crippen molar-refractivity contribution in [2.75, 3.05) is 5.32 Å². The fourth-order valence-corrected chi connectivity index (χ4v) is 2.62. The first-order chi connectivity index (χ1) is 9.24. The van der Waals surface area contributed by atoms with Crippen molar-refractivity contribution in [2.45, 2.75) is 38.3 Å². The summed E-state index contributed by atoms with van der Waals surface area (Å²) in [7, 11) is 0. The molecule has 1 fully saturated rings. The summed E-state index contributed by atoms with van der Waals surface area (Å²) in [5, 5.41) is 7.71. The first kappa shape index (κ1) is 12.2. The van der Waals surface area contributed by atoms with Gasteiger partial charge < -0.3 is 5.32 Å². The van der Waals surface area contributed by atoms with E-state index in [1.807, 2.05) is 23.1 Å². The highest BCUT2D eigenvalue weighted by molar-refractivity contribution is 5.41. The van der Waals surface area contributed by atoms with Gasteiger partial charge in [0.25, 0.3) is 0 Å². The molecule has 1 heterocycles. The Hall–Kier alpha value is -1.84. The van der Waals surface area contributed by atoms with Crippen molar-refractivity contribution in [3.8, 4) is 0 Å². The van der Waals surface area contributed by atoms with Crippen LogP contribution in [0, 0.1) is 5.82 Å². The molecule has 19 heavy (non-hydrogen) atoms. The Labute approximate surface area is 112 Å². The topological polar surface area (TPSA) is 29.9 Å². The maximum atomic E-state index is 13.1. The van der Waals surface area contributed by atoms with E-state index in [9.17, 15) is 4.39 Å². The number of hydrogen-bond donors (Lipinski definition) is 1. The average molecular weight is 259 g/mol. The highest BCUT2D eigenvalue weighted by atomic mass is 19.1. The zero-order valence-corrected chi connectivity index (χ0v) is 11.0. The zero-order valence-electron chi connectivity index (χ0n) is 11.0. The summed E-state index contributed by atoms with van der Waals surface area (Å²) in [6.45, 7) is 2.96. The predicted octanol–water partition coefficient (Wildman–Crippen LogP) is 3.40. The number of aromatic nitrogens is 2. The van der Waals surface area contributed by atoms with Crippen LogP contribution in [0.2, 0.25) is 0 Å². The van der Waals surface area contributed by atoms with Gasteiger partial charge in [-0.2, -0.15) is 5.10 Å². The standard InChI is InChI=1S/C15H18FN3/c1-2-19-10-15(9-17-19)18-14-7-12(8-14)11-4-3-5-13(16)6-11/h3-6,9-10,12,14,18H,2,7-8H2,1H3. The van der Waals surface area contributed by atoms with E-state index in [-0.39, 0.29) is 5.82 Å². The van der Waals surface area contributed by atoms with E-state index < -0.39 is 0 Å². The maximum Gasteiger partial charge on any atom is 0.123 e. The normalized spacial score (nSPS) is 22.0. The highest BCUT2D eigenvalue weighted by Crippen LogP contribution is 2.38. The van der Waals surface area contributed by atoms with Crippen molar-refractivity contribution in [1.29, 1.82) is 0 Å². The van der Waals surface area contributed by atoms with Gasteiger partial charge in [0.2, 0.25) is 0 Å². The molecule has 0 atom stereocenters. The van der Waals surface area contributed by atoms with E-state index in [4.69, 9.17) is 0 Å². The van der Waals surface area contributed by atoms with Crippen LogP contribution >= 0.6 is 0 Å². The Kier molecular flexibility index (Phi) is 3.23. The largest absolute Gasteiger partial charge is 0.380 e. The van der Waals surface area contributed by atoms with Crippen LogP contribution in [-0.2, 0) is 6.54 Å².